The quantitative estimate of drug-likeness (QED) is 0.626. The number of carbonyl (C=O) groups is 2. The molecule has 1 aromatic heterocycles. The number of amides is 2. The minimum absolute atomic E-state index is 0.0809. The van der Waals surface area contributed by atoms with Crippen molar-refractivity contribution in [2.75, 3.05) is 36.4 Å². The van der Waals surface area contributed by atoms with Crippen LogP contribution >= 0.6 is 0 Å². The van der Waals surface area contributed by atoms with Gasteiger partial charge in [-0.3, -0.25) is 9.59 Å². The van der Waals surface area contributed by atoms with E-state index in [1.165, 1.54) is 6.08 Å². The van der Waals surface area contributed by atoms with Crippen LogP contribution in [-0.4, -0.2) is 47.9 Å². The monoisotopic (exact) mass is 426 g/mol. The fourth-order valence-electron chi connectivity index (χ4n) is 3.69. The van der Waals surface area contributed by atoms with E-state index in [0.29, 0.717) is 18.8 Å². The molecular formula is C26H26N4O2. The van der Waals surface area contributed by atoms with Crippen LogP contribution in [0.5, 0.6) is 0 Å². The predicted molar refractivity (Wildman–Crippen MR) is 128 cm³/mol. The van der Waals surface area contributed by atoms with Gasteiger partial charge in [-0.15, -0.1) is 0 Å². The first kappa shape index (κ1) is 21.3. The Morgan fingerprint density at radius 2 is 1.62 bits per heavy atom. The van der Waals surface area contributed by atoms with Crippen LogP contribution in [0.2, 0.25) is 0 Å². The molecule has 2 heterocycles. The van der Waals surface area contributed by atoms with Crippen molar-refractivity contribution in [3.63, 3.8) is 0 Å². The van der Waals surface area contributed by atoms with Crippen molar-refractivity contribution in [3.8, 4) is 0 Å². The molecule has 2 amide bonds. The Labute approximate surface area is 188 Å². The van der Waals surface area contributed by atoms with E-state index in [1.807, 2.05) is 78.6 Å². The minimum atomic E-state index is -0.202. The van der Waals surface area contributed by atoms with Gasteiger partial charge in [-0.25, -0.2) is 4.98 Å². The standard InChI is InChI=1S/C26H26N4O2/c1-20-7-5-6-10-23(20)26(32)30-17-15-29(16-18-30)24-13-12-22(19-27-24)28-25(31)14-11-21-8-3-2-4-9-21/h2-14,19H,15-18H2,1H3,(H,28,31). The van der Waals surface area contributed by atoms with E-state index in [9.17, 15) is 9.59 Å². The maximum Gasteiger partial charge on any atom is 0.254 e. The highest BCUT2D eigenvalue weighted by Crippen LogP contribution is 2.18. The average Bonchev–Trinajstić information content (AvgIpc) is 2.84. The SMILES string of the molecule is Cc1ccccc1C(=O)N1CCN(c2ccc(NC(=O)C=Cc3ccccc3)cn2)CC1. The summed E-state index contributed by atoms with van der Waals surface area (Å²) in [5.41, 5.74) is 3.37. The van der Waals surface area contributed by atoms with Crippen LogP contribution in [0.3, 0.4) is 0 Å². The van der Waals surface area contributed by atoms with Crippen LogP contribution in [-0.2, 0) is 4.79 Å². The van der Waals surface area contributed by atoms with Crippen LogP contribution in [0.25, 0.3) is 6.08 Å². The summed E-state index contributed by atoms with van der Waals surface area (Å²) < 4.78 is 0. The van der Waals surface area contributed by atoms with E-state index in [2.05, 4.69) is 15.2 Å². The summed E-state index contributed by atoms with van der Waals surface area (Å²) >= 11 is 0. The zero-order valence-electron chi connectivity index (χ0n) is 18.1. The van der Waals surface area contributed by atoms with Crippen molar-refractivity contribution >= 4 is 29.4 Å². The molecule has 0 radical (unpaired) electrons. The highest BCUT2D eigenvalue weighted by molar-refractivity contribution is 6.01. The maximum atomic E-state index is 12.8. The van der Waals surface area contributed by atoms with Crippen molar-refractivity contribution in [3.05, 3.63) is 95.7 Å². The lowest BCUT2D eigenvalue weighted by molar-refractivity contribution is -0.111. The third kappa shape index (κ3) is 5.21. The van der Waals surface area contributed by atoms with Crippen LogP contribution < -0.4 is 10.2 Å². The van der Waals surface area contributed by atoms with Gasteiger partial charge in [0.15, 0.2) is 0 Å². The number of hydrogen-bond acceptors (Lipinski definition) is 4. The second-order valence-electron chi connectivity index (χ2n) is 7.73. The zero-order valence-corrected chi connectivity index (χ0v) is 18.1. The summed E-state index contributed by atoms with van der Waals surface area (Å²) in [6.07, 6.45) is 4.94. The molecule has 6 nitrogen and oxygen atoms in total. The molecule has 1 saturated heterocycles. The molecule has 0 unspecified atom stereocenters. The first-order chi connectivity index (χ1) is 15.6. The number of benzene rings is 2. The third-order valence-corrected chi connectivity index (χ3v) is 5.51. The number of pyridine rings is 1. The molecule has 1 fully saturated rings. The van der Waals surface area contributed by atoms with Crippen LogP contribution in [0.4, 0.5) is 11.5 Å². The Morgan fingerprint density at radius 1 is 0.906 bits per heavy atom. The van der Waals surface area contributed by atoms with Crippen molar-refractivity contribution in [1.29, 1.82) is 0 Å². The average molecular weight is 427 g/mol. The Hall–Kier alpha value is -3.93. The van der Waals surface area contributed by atoms with Gasteiger partial charge in [0, 0.05) is 37.8 Å². The second kappa shape index (κ2) is 9.92. The number of carbonyl (C=O) groups excluding carboxylic acids is 2. The summed E-state index contributed by atoms with van der Waals surface area (Å²) in [5.74, 6) is 0.717. The van der Waals surface area contributed by atoms with Gasteiger partial charge < -0.3 is 15.1 Å². The second-order valence-corrected chi connectivity index (χ2v) is 7.73. The molecule has 3 aromatic rings. The molecule has 6 heteroatoms. The lowest BCUT2D eigenvalue weighted by atomic mass is 10.1. The molecule has 32 heavy (non-hydrogen) atoms. The van der Waals surface area contributed by atoms with Gasteiger partial charge in [0.2, 0.25) is 5.91 Å². The first-order valence-electron chi connectivity index (χ1n) is 10.7. The molecule has 0 saturated carbocycles. The van der Waals surface area contributed by atoms with Crippen LogP contribution in [0.15, 0.2) is 79.0 Å². The number of rotatable bonds is 5. The predicted octanol–water partition coefficient (Wildman–Crippen LogP) is 4.00. The molecular weight excluding hydrogens is 400 g/mol. The molecule has 1 N–H and O–H groups in total. The van der Waals surface area contributed by atoms with Crippen LogP contribution in [0, 0.1) is 6.92 Å². The topological polar surface area (TPSA) is 65.5 Å². The summed E-state index contributed by atoms with van der Waals surface area (Å²) in [6, 6.07) is 21.1. The van der Waals surface area contributed by atoms with Crippen molar-refractivity contribution in [2.24, 2.45) is 0 Å². The van der Waals surface area contributed by atoms with E-state index < -0.39 is 0 Å². The third-order valence-electron chi connectivity index (χ3n) is 5.51. The molecule has 0 spiro atoms. The molecule has 0 bridgehead atoms. The Morgan fingerprint density at radius 3 is 2.31 bits per heavy atom. The Balaban J connectivity index is 1.30. The number of aromatic nitrogens is 1. The summed E-state index contributed by atoms with van der Waals surface area (Å²) in [7, 11) is 0. The molecule has 1 aliphatic heterocycles. The van der Waals surface area contributed by atoms with E-state index >= 15 is 0 Å². The number of anilines is 2. The van der Waals surface area contributed by atoms with Gasteiger partial charge >= 0.3 is 0 Å². The lowest BCUT2D eigenvalue weighted by Gasteiger charge is -2.35. The van der Waals surface area contributed by atoms with E-state index in [4.69, 9.17) is 0 Å². The highest BCUT2D eigenvalue weighted by Gasteiger charge is 2.23. The van der Waals surface area contributed by atoms with Crippen molar-refractivity contribution in [1.82, 2.24) is 9.88 Å². The molecule has 4 rings (SSSR count). The fourth-order valence-corrected chi connectivity index (χ4v) is 3.69. The summed E-state index contributed by atoms with van der Waals surface area (Å²) in [5, 5.41) is 2.83. The van der Waals surface area contributed by atoms with E-state index in [0.717, 1.165) is 35.6 Å². The van der Waals surface area contributed by atoms with Gasteiger partial charge in [-0.1, -0.05) is 48.5 Å². The molecule has 1 aliphatic rings. The largest absolute Gasteiger partial charge is 0.353 e. The van der Waals surface area contributed by atoms with Gasteiger partial charge in [0.25, 0.3) is 5.91 Å². The normalized spacial score (nSPS) is 13.9. The molecule has 0 atom stereocenters. The lowest BCUT2D eigenvalue weighted by Crippen LogP contribution is -2.49. The highest BCUT2D eigenvalue weighted by atomic mass is 16.2. The number of piperazine rings is 1. The minimum Gasteiger partial charge on any atom is -0.353 e. The maximum absolute atomic E-state index is 12.8. The molecule has 2 aromatic carbocycles. The molecule has 162 valence electrons. The number of hydrogen-bond donors (Lipinski definition) is 1. The van der Waals surface area contributed by atoms with E-state index in [-0.39, 0.29) is 11.8 Å². The van der Waals surface area contributed by atoms with Crippen molar-refractivity contribution in [2.45, 2.75) is 6.92 Å². The van der Waals surface area contributed by atoms with Gasteiger partial charge in [0.05, 0.1) is 11.9 Å². The van der Waals surface area contributed by atoms with Crippen LogP contribution in [0.1, 0.15) is 21.5 Å². The first-order valence-corrected chi connectivity index (χ1v) is 10.7. The van der Waals surface area contributed by atoms with Gasteiger partial charge in [0.1, 0.15) is 5.82 Å². The molecule has 0 aliphatic carbocycles. The smallest absolute Gasteiger partial charge is 0.254 e. The number of nitrogens with one attached hydrogen (secondary N) is 1. The number of aryl methyl sites for hydroxylation is 1. The Kier molecular flexibility index (Phi) is 6.60. The summed E-state index contributed by atoms with van der Waals surface area (Å²) in [6.45, 7) is 4.70. The zero-order chi connectivity index (χ0) is 22.3. The summed E-state index contributed by atoms with van der Waals surface area (Å²) in [4.78, 5) is 33.5. The number of nitrogens with zero attached hydrogens (tertiary/aromatic N) is 3. The van der Waals surface area contributed by atoms with E-state index in [1.54, 1.807) is 12.3 Å². The fraction of sp³-hybridized carbons (Fsp3) is 0.192. The Bertz CT molecular complexity index is 1100. The van der Waals surface area contributed by atoms with Gasteiger partial charge in [-0.2, -0.15) is 0 Å². The van der Waals surface area contributed by atoms with Crippen molar-refractivity contribution < 1.29 is 9.59 Å². The van der Waals surface area contributed by atoms with Gasteiger partial charge in [-0.05, 0) is 42.3 Å².